The van der Waals surface area contributed by atoms with Gasteiger partial charge in [-0.05, 0) is 50.5 Å². The second kappa shape index (κ2) is 5.37. The molecule has 1 aliphatic rings. The smallest absolute Gasteiger partial charge is 0.123 e. The summed E-state index contributed by atoms with van der Waals surface area (Å²) >= 11 is 0. The van der Waals surface area contributed by atoms with Crippen molar-refractivity contribution < 1.29 is 4.39 Å². The summed E-state index contributed by atoms with van der Waals surface area (Å²) in [4.78, 5) is 8.12. The van der Waals surface area contributed by atoms with Crippen molar-refractivity contribution in [1.29, 1.82) is 0 Å². The van der Waals surface area contributed by atoms with Crippen molar-refractivity contribution in [2.45, 2.75) is 44.6 Å². The number of nitrogens with one attached hydrogen (secondary N) is 1. The van der Waals surface area contributed by atoms with Gasteiger partial charge in [-0.1, -0.05) is 6.42 Å². The van der Waals surface area contributed by atoms with Gasteiger partial charge in [0.05, 0.1) is 5.69 Å². The first-order valence-corrected chi connectivity index (χ1v) is 7.21. The maximum absolute atomic E-state index is 13.0. The number of H-pyrrole nitrogens is 1. The van der Waals surface area contributed by atoms with Crippen LogP contribution in [-0.4, -0.2) is 16.0 Å². The van der Waals surface area contributed by atoms with E-state index in [-0.39, 0.29) is 11.9 Å². The van der Waals surface area contributed by atoms with E-state index in [0.29, 0.717) is 5.92 Å². The number of benzene rings is 1. The van der Waals surface area contributed by atoms with Crippen LogP contribution < -0.4 is 5.73 Å². The minimum atomic E-state index is -0.222. The Morgan fingerprint density at radius 2 is 2.00 bits per heavy atom. The number of hydrogen-bond donors (Lipinski definition) is 2. The second-order valence-corrected chi connectivity index (χ2v) is 5.73. The van der Waals surface area contributed by atoms with Crippen LogP contribution in [0.1, 0.15) is 43.1 Å². The van der Waals surface area contributed by atoms with Crippen molar-refractivity contribution in [1.82, 2.24) is 9.97 Å². The lowest BCUT2D eigenvalue weighted by Gasteiger charge is -2.24. The van der Waals surface area contributed by atoms with Crippen LogP contribution >= 0.6 is 0 Å². The van der Waals surface area contributed by atoms with Crippen molar-refractivity contribution in [3.63, 3.8) is 0 Å². The van der Waals surface area contributed by atoms with Crippen LogP contribution in [0.5, 0.6) is 0 Å². The molecule has 0 spiro atoms. The lowest BCUT2D eigenvalue weighted by atomic mass is 9.86. The molecule has 0 saturated heterocycles. The number of nitrogens with two attached hydrogens (primary N) is 1. The summed E-state index contributed by atoms with van der Waals surface area (Å²) < 4.78 is 13.0. The fraction of sp³-hybridized carbons (Fsp3) is 0.438. The molecule has 0 aliphatic heterocycles. The van der Waals surface area contributed by atoms with Crippen LogP contribution in [-0.2, 0) is 0 Å². The number of aromatic nitrogens is 2. The average Bonchev–Trinajstić information content (AvgIpc) is 2.82. The van der Waals surface area contributed by atoms with Crippen LogP contribution in [0.15, 0.2) is 24.3 Å². The molecule has 3 nitrogen and oxygen atoms in total. The number of aromatic amines is 1. The third kappa shape index (κ3) is 2.61. The Morgan fingerprint density at radius 1 is 1.25 bits per heavy atom. The molecule has 1 fully saturated rings. The lowest BCUT2D eigenvalue weighted by molar-refractivity contribution is 0.383. The van der Waals surface area contributed by atoms with Crippen molar-refractivity contribution in [2.24, 2.45) is 5.73 Å². The van der Waals surface area contributed by atoms with E-state index >= 15 is 0 Å². The van der Waals surface area contributed by atoms with E-state index in [1.54, 1.807) is 12.1 Å². The van der Waals surface area contributed by atoms with Gasteiger partial charge in [0.2, 0.25) is 0 Å². The molecule has 1 aromatic carbocycles. The Kier molecular flexibility index (Phi) is 3.57. The standard InChI is InChI=1S/C16H20FN3/c1-10-15(11-5-7-13(17)8-6-11)20-16(19-10)12-3-2-4-14(18)9-12/h5-8,12,14H,2-4,9,18H2,1H3,(H,19,20). The zero-order valence-corrected chi connectivity index (χ0v) is 11.7. The largest absolute Gasteiger partial charge is 0.345 e. The van der Waals surface area contributed by atoms with E-state index < -0.39 is 0 Å². The number of hydrogen-bond acceptors (Lipinski definition) is 2. The van der Waals surface area contributed by atoms with Crippen LogP contribution in [0.2, 0.25) is 0 Å². The van der Waals surface area contributed by atoms with Crippen molar-refractivity contribution in [2.75, 3.05) is 0 Å². The Hall–Kier alpha value is -1.68. The highest BCUT2D eigenvalue weighted by atomic mass is 19.1. The van der Waals surface area contributed by atoms with Gasteiger partial charge in [0, 0.05) is 23.2 Å². The Balaban J connectivity index is 1.88. The molecular weight excluding hydrogens is 253 g/mol. The van der Waals surface area contributed by atoms with E-state index in [1.807, 2.05) is 6.92 Å². The van der Waals surface area contributed by atoms with E-state index in [4.69, 9.17) is 10.7 Å². The summed E-state index contributed by atoms with van der Waals surface area (Å²) in [5, 5.41) is 0. The topological polar surface area (TPSA) is 54.7 Å². The third-order valence-electron chi connectivity index (χ3n) is 4.12. The molecule has 1 heterocycles. The number of rotatable bonds is 2. The van der Waals surface area contributed by atoms with Gasteiger partial charge in [0.25, 0.3) is 0 Å². The molecule has 0 bridgehead atoms. The predicted octanol–water partition coefficient (Wildman–Crippen LogP) is 3.51. The normalized spacial score (nSPS) is 22.9. The monoisotopic (exact) mass is 273 g/mol. The maximum Gasteiger partial charge on any atom is 0.123 e. The third-order valence-corrected chi connectivity index (χ3v) is 4.12. The Bertz CT molecular complexity index is 588. The SMILES string of the molecule is Cc1[nH]c(C2CCCC(N)C2)nc1-c1ccc(F)cc1. The highest BCUT2D eigenvalue weighted by Crippen LogP contribution is 2.32. The minimum Gasteiger partial charge on any atom is -0.345 e. The molecule has 0 amide bonds. The zero-order valence-electron chi connectivity index (χ0n) is 11.7. The van der Waals surface area contributed by atoms with Gasteiger partial charge in [-0.3, -0.25) is 0 Å². The van der Waals surface area contributed by atoms with E-state index in [0.717, 1.165) is 48.5 Å². The molecule has 2 atom stereocenters. The summed E-state index contributed by atoms with van der Waals surface area (Å²) in [7, 11) is 0. The highest BCUT2D eigenvalue weighted by Gasteiger charge is 2.24. The molecule has 4 heteroatoms. The first-order chi connectivity index (χ1) is 9.63. The number of imidazole rings is 1. The molecule has 2 aromatic rings. The van der Waals surface area contributed by atoms with Gasteiger partial charge >= 0.3 is 0 Å². The van der Waals surface area contributed by atoms with Crippen molar-refractivity contribution in [3.05, 3.63) is 41.6 Å². The van der Waals surface area contributed by atoms with Crippen LogP contribution in [0.3, 0.4) is 0 Å². The van der Waals surface area contributed by atoms with Gasteiger partial charge in [0.1, 0.15) is 11.6 Å². The summed E-state index contributed by atoms with van der Waals surface area (Å²) in [6.07, 6.45) is 4.41. The van der Waals surface area contributed by atoms with E-state index in [1.165, 1.54) is 12.1 Å². The van der Waals surface area contributed by atoms with Gasteiger partial charge < -0.3 is 10.7 Å². The molecule has 20 heavy (non-hydrogen) atoms. The Morgan fingerprint density at radius 3 is 2.70 bits per heavy atom. The highest BCUT2D eigenvalue weighted by molar-refractivity contribution is 5.61. The van der Waals surface area contributed by atoms with Crippen LogP contribution in [0.25, 0.3) is 11.3 Å². The number of aryl methyl sites for hydroxylation is 1. The number of halogens is 1. The predicted molar refractivity (Wildman–Crippen MR) is 77.9 cm³/mol. The molecule has 106 valence electrons. The average molecular weight is 273 g/mol. The minimum absolute atomic E-state index is 0.222. The van der Waals surface area contributed by atoms with Gasteiger partial charge in [-0.15, -0.1) is 0 Å². The Labute approximate surface area is 118 Å². The lowest BCUT2D eigenvalue weighted by Crippen LogP contribution is -2.27. The number of nitrogens with zero attached hydrogens (tertiary/aromatic N) is 1. The first-order valence-electron chi connectivity index (χ1n) is 7.21. The van der Waals surface area contributed by atoms with E-state index in [2.05, 4.69) is 4.98 Å². The molecule has 2 unspecified atom stereocenters. The summed E-state index contributed by atoms with van der Waals surface area (Å²) in [5.74, 6) is 1.23. The zero-order chi connectivity index (χ0) is 14.1. The molecule has 3 rings (SSSR count). The summed E-state index contributed by atoms with van der Waals surface area (Å²) in [6.45, 7) is 2.01. The van der Waals surface area contributed by atoms with Gasteiger partial charge in [-0.2, -0.15) is 0 Å². The molecular formula is C16H20FN3. The van der Waals surface area contributed by atoms with Crippen molar-refractivity contribution >= 4 is 0 Å². The van der Waals surface area contributed by atoms with Gasteiger partial charge in [-0.25, -0.2) is 9.37 Å². The molecule has 3 N–H and O–H groups in total. The molecule has 0 radical (unpaired) electrons. The van der Waals surface area contributed by atoms with Crippen LogP contribution in [0.4, 0.5) is 4.39 Å². The molecule has 1 saturated carbocycles. The summed E-state index contributed by atoms with van der Waals surface area (Å²) in [5.41, 5.74) is 8.95. The molecule has 1 aromatic heterocycles. The fourth-order valence-electron chi connectivity index (χ4n) is 3.04. The van der Waals surface area contributed by atoms with Gasteiger partial charge in [0.15, 0.2) is 0 Å². The van der Waals surface area contributed by atoms with E-state index in [9.17, 15) is 4.39 Å². The summed E-state index contributed by atoms with van der Waals surface area (Å²) in [6, 6.07) is 6.77. The maximum atomic E-state index is 13.0. The second-order valence-electron chi connectivity index (χ2n) is 5.73. The first kappa shape index (κ1) is 13.3. The van der Waals surface area contributed by atoms with Crippen LogP contribution in [0, 0.1) is 12.7 Å². The molecule has 1 aliphatic carbocycles. The fourth-order valence-corrected chi connectivity index (χ4v) is 3.04. The quantitative estimate of drug-likeness (QED) is 0.879. The van der Waals surface area contributed by atoms with Crippen molar-refractivity contribution in [3.8, 4) is 11.3 Å².